The number of carbonyl (C=O) groups excluding carboxylic acids is 1. The minimum atomic E-state index is -0.168. The van der Waals surface area contributed by atoms with E-state index in [1.165, 1.54) is 6.08 Å². The van der Waals surface area contributed by atoms with Gasteiger partial charge in [0.1, 0.15) is 5.75 Å². The Bertz CT molecular complexity index is 420. The molecule has 17 heavy (non-hydrogen) atoms. The van der Waals surface area contributed by atoms with Crippen LogP contribution in [0.4, 0.5) is 0 Å². The Balaban J connectivity index is 2.86. The lowest BCUT2D eigenvalue weighted by Gasteiger charge is -2.14. The lowest BCUT2D eigenvalue weighted by atomic mass is 10.1. The summed E-state index contributed by atoms with van der Waals surface area (Å²) in [5.41, 5.74) is 1.32. The highest BCUT2D eigenvalue weighted by atomic mass is 16.3. The van der Waals surface area contributed by atoms with Gasteiger partial charge in [0.2, 0.25) is 0 Å². The topological polar surface area (TPSA) is 40.5 Å². The van der Waals surface area contributed by atoms with E-state index in [2.05, 4.69) is 0 Å². The number of aromatic hydroxyl groups is 1. The zero-order chi connectivity index (χ0) is 12.8. The predicted octanol–water partition coefficient (Wildman–Crippen LogP) is 2.74. The van der Waals surface area contributed by atoms with Crippen molar-refractivity contribution in [2.75, 3.05) is 13.1 Å². The molecule has 0 atom stereocenters. The van der Waals surface area contributed by atoms with Crippen molar-refractivity contribution < 1.29 is 9.90 Å². The van der Waals surface area contributed by atoms with Gasteiger partial charge in [0, 0.05) is 25.4 Å². The summed E-state index contributed by atoms with van der Waals surface area (Å²) in [5, 5.41) is 9.62. The molecule has 3 heteroatoms. The highest BCUT2D eigenvalue weighted by molar-refractivity contribution is 6.06. The molecule has 0 bridgehead atoms. The molecule has 0 amide bonds. The molecule has 0 aliphatic rings. The van der Waals surface area contributed by atoms with E-state index in [-0.39, 0.29) is 11.5 Å². The van der Waals surface area contributed by atoms with Gasteiger partial charge in [0.15, 0.2) is 5.78 Å². The van der Waals surface area contributed by atoms with Crippen LogP contribution >= 0.6 is 0 Å². The van der Waals surface area contributed by atoms with Crippen LogP contribution in [0.2, 0.25) is 0 Å². The minimum Gasteiger partial charge on any atom is -0.507 e. The number of benzene rings is 1. The van der Waals surface area contributed by atoms with Gasteiger partial charge in [-0.15, -0.1) is 0 Å². The molecule has 0 aliphatic heterocycles. The fourth-order valence-corrected chi connectivity index (χ4v) is 1.54. The number of phenols is 1. The van der Waals surface area contributed by atoms with E-state index in [1.54, 1.807) is 24.4 Å². The van der Waals surface area contributed by atoms with Crippen molar-refractivity contribution >= 4 is 5.78 Å². The Morgan fingerprint density at radius 2 is 2.00 bits per heavy atom. The first-order chi connectivity index (χ1) is 8.08. The van der Waals surface area contributed by atoms with E-state index in [0.29, 0.717) is 5.56 Å². The maximum atomic E-state index is 11.9. The molecule has 0 radical (unpaired) electrons. The Kier molecular flexibility index (Phi) is 4.76. The number of ketones is 1. The smallest absolute Gasteiger partial charge is 0.191 e. The van der Waals surface area contributed by atoms with Crippen molar-refractivity contribution in [2.45, 2.75) is 20.8 Å². The third kappa shape index (κ3) is 3.63. The van der Waals surface area contributed by atoms with E-state index in [0.717, 1.165) is 18.7 Å². The molecule has 0 aromatic heterocycles. The summed E-state index contributed by atoms with van der Waals surface area (Å²) in [6, 6.07) is 5.03. The van der Waals surface area contributed by atoms with Crippen LogP contribution < -0.4 is 0 Å². The largest absolute Gasteiger partial charge is 0.507 e. The van der Waals surface area contributed by atoms with E-state index < -0.39 is 0 Å². The van der Waals surface area contributed by atoms with Gasteiger partial charge < -0.3 is 10.0 Å². The molecule has 0 spiro atoms. The highest BCUT2D eigenvalue weighted by Crippen LogP contribution is 2.19. The van der Waals surface area contributed by atoms with Gasteiger partial charge in [-0.25, -0.2) is 0 Å². The first-order valence-corrected chi connectivity index (χ1v) is 5.84. The van der Waals surface area contributed by atoms with Gasteiger partial charge in [-0.05, 0) is 32.9 Å². The molecule has 1 rings (SSSR count). The predicted molar refractivity (Wildman–Crippen MR) is 69.2 cm³/mol. The second-order valence-electron chi connectivity index (χ2n) is 3.92. The maximum absolute atomic E-state index is 11.9. The van der Waals surface area contributed by atoms with Gasteiger partial charge in [-0.1, -0.05) is 11.6 Å². The summed E-state index contributed by atoms with van der Waals surface area (Å²) < 4.78 is 0. The molecule has 92 valence electrons. The highest BCUT2D eigenvalue weighted by Gasteiger charge is 2.08. The molecular formula is C14H19NO2. The number of rotatable bonds is 5. The fraction of sp³-hybridized carbons (Fsp3) is 0.357. The van der Waals surface area contributed by atoms with Crippen molar-refractivity contribution in [3.63, 3.8) is 0 Å². The lowest BCUT2D eigenvalue weighted by molar-refractivity contribution is 0.104. The average molecular weight is 233 g/mol. The van der Waals surface area contributed by atoms with Crippen LogP contribution in [-0.4, -0.2) is 28.9 Å². The number of phenolic OH excluding ortho intramolecular Hbond substituents is 1. The quantitative estimate of drug-likeness (QED) is 0.628. The minimum absolute atomic E-state index is 0.0322. The Morgan fingerprint density at radius 3 is 2.59 bits per heavy atom. The molecule has 0 saturated carbocycles. The molecule has 1 aromatic rings. The lowest BCUT2D eigenvalue weighted by Crippen LogP contribution is -2.15. The standard InChI is InChI=1S/C14H19NO2/c1-4-15(5-2)9-8-14(17)12-10-11(3)6-7-13(12)16/h6-10,16H,4-5H2,1-3H3/b9-8+. The maximum Gasteiger partial charge on any atom is 0.191 e. The first-order valence-electron chi connectivity index (χ1n) is 5.84. The number of hydrogen-bond donors (Lipinski definition) is 1. The van der Waals surface area contributed by atoms with E-state index in [9.17, 15) is 9.90 Å². The van der Waals surface area contributed by atoms with E-state index >= 15 is 0 Å². The second-order valence-corrected chi connectivity index (χ2v) is 3.92. The summed E-state index contributed by atoms with van der Waals surface area (Å²) >= 11 is 0. The normalized spacial score (nSPS) is 10.8. The average Bonchev–Trinajstić information content (AvgIpc) is 2.33. The SMILES string of the molecule is CCN(/C=C/C(=O)c1cc(C)ccc1O)CC. The summed E-state index contributed by atoms with van der Waals surface area (Å²) in [7, 11) is 0. The van der Waals surface area contributed by atoms with Gasteiger partial charge in [-0.2, -0.15) is 0 Å². The summed E-state index contributed by atoms with van der Waals surface area (Å²) in [5.74, 6) is -0.136. The van der Waals surface area contributed by atoms with Gasteiger partial charge in [0.25, 0.3) is 0 Å². The van der Waals surface area contributed by atoms with Crippen LogP contribution in [0, 0.1) is 6.92 Å². The first kappa shape index (κ1) is 13.3. The summed E-state index contributed by atoms with van der Waals surface area (Å²) in [6.45, 7) is 7.68. The van der Waals surface area contributed by atoms with Crippen LogP contribution in [0.25, 0.3) is 0 Å². The van der Waals surface area contributed by atoms with Crippen molar-refractivity contribution in [3.8, 4) is 5.75 Å². The molecule has 1 N–H and O–H groups in total. The van der Waals surface area contributed by atoms with Crippen molar-refractivity contribution in [2.24, 2.45) is 0 Å². The molecule has 0 saturated heterocycles. The Hall–Kier alpha value is -1.77. The van der Waals surface area contributed by atoms with E-state index in [1.807, 2.05) is 25.7 Å². The van der Waals surface area contributed by atoms with Gasteiger partial charge >= 0.3 is 0 Å². The van der Waals surface area contributed by atoms with Crippen LogP contribution in [0.15, 0.2) is 30.5 Å². The molecule has 0 fully saturated rings. The number of hydrogen-bond acceptors (Lipinski definition) is 3. The molecule has 1 aromatic carbocycles. The third-order valence-electron chi connectivity index (χ3n) is 2.67. The zero-order valence-electron chi connectivity index (χ0n) is 10.6. The van der Waals surface area contributed by atoms with Crippen molar-refractivity contribution in [1.29, 1.82) is 0 Å². The molecule has 0 heterocycles. The molecular weight excluding hydrogens is 214 g/mol. The van der Waals surface area contributed by atoms with Crippen molar-refractivity contribution in [1.82, 2.24) is 4.90 Å². The summed E-state index contributed by atoms with van der Waals surface area (Å²) in [4.78, 5) is 13.9. The Labute approximate surface area is 102 Å². The van der Waals surface area contributed by atoms with Gasteiger partial charge in [-0.3, -0.25) is 4.79 Å². The fourth-order valence-electron chi connectivity index (χ4n) is 1.54. The van der Waals surface area contributed by atoms with Crippen LogP contribution in [0.3, 0.4) is 0 Å². The number of nitrogens with zero attached hydrogens (tertiary/aromatic N) is 1. The van der Waals surface area contributed by atoms with Crippen molar-refractivity contribution in [3.05, 3.63) is 41.6 Å². The third-order valence-corrected chi connectivity index (χ3v) is 2.67. The van der Waals surface area contributed by atoms with E-state index in [4.69, 9.17) is 0 Å². The van der Waals surface area contributed by atoms with Crippen LogP contribution in [0.1, 0.15) is 29.8 Å². The Morgan fingerprint density at radius 1 is 1.35 bits per heavy atom. The molecule has 0 unspecified atom stereocenters. The summed E-state index contributed by atoms with van der Waals surface area (Å²) in [6.07, 6.45) is 3.27. The van der Waals surface area contributed by atoms with Crippen LogP contribution in [0.5, 0.6) is 5.75 Å². The van der Waals surface area contributed by atoms with Gasteiger partial charge in [0.05, 0.1) is 5.56 Å². The second kappa shape index (κ2) is 6.09. The monoisotopic (exact) mass is 233 g/mol. The molecule has 0 aliphatic carbocycles. The number of allylic oxidation sites excluding steroid dienone is 1. The van der Waals surface area contributed by atoms with Crippen LogP contribution in [-0.2, 0) is 0 Å². The number of carbonyl (C=O) groups is 1. The number of aryl methyl sites for hydroxylation is 1. The molecule has 3 nitrogen and oxygen atoms in total. The zero-order valence-corrected chi connectivity index (χ0v) is 10.6.